The largest absolute Gasteiger partial charge is 0.497 e. The number of benzene rings is 1. The highest BCUT2D eigenvalue weighted by atomic mass is 16.5. The van der Waals surface area contributed by atoms with Crippen LogP contribution in [0.15, 0.2) is 24.3 Å². The lowest BCUT2D eigenvalue weighted by Crippen LogP contribution is -2.40. The van der Waals surface area contributed by atoms with Crippen molar-refractivity contribution < 1.29 is 9.53 Å². The Bertz CT molecular complexity index is 728. The third-order valence-corrected chi connectivity index (χ3v) is 5.05. The van der Waals surface area contributed by atoms with Crippen molar-refractivity contribution >= 4 is 5.91 Å². The Morgan fingerprint density at radius 2 is 2.27 bits per heavy atom. The number of hydrogen-bond acceptors (Lipinski definition) is 4. The standard InChI is InChI=1S/C20H28N4O2/c1-15-21-19(23-22-15)10-11-20(25)24-12-4-6-17(14-24)9-8-16-5-3-7-18(13-16)26-2/h3,5,7,13,17H,4,6,8-12,14H2,1-2H3,(H,21,22,23). The van der Waals surface area contributed by atoms with Crippen LogP contribution in [0, 0.1) is 12.8 Å². The zero-order valence-corrected chi connectivity index (χ0v) is 15.7. The molecule has 1 atom stereocenters. The summed E-state index contributed by atoms with van der Waals surface area (Å²) in [4.78, 5) is 18.8. The predicted molar refractivity (Wildman–Crippen MR) is 100 cm³/mol. The first kappa shape index (κ1) is 18.4. The number of nitrogens with one attached hydrogen (secondary N) is 1. The summed E-state index contributed by atoms with van der Waals surface area (Å²) in [6.07, 6.45) is 5.52. The molecule has 1 saturated heterocycles. The van der Waals surface area contributed by atoms with Crippen molar-refractivity contribution in [1.29, 1.82) is 0 Å². The molecule has 1 unspecified atom stereocenters. The Morgan fingerprint density at radius 3 is 3.04 bits per heavy atom. The van der Waals surface area contributed by atoms with Gasteiger partial charge in [-0.15, -0.1) is 0 Å². The summed E-state index contributed by atoms with van der Waals surface area (Å²) < 4.78 is 5.29. The lowest BCUT2D eigenvalue weighted by atomic mass is 9.91. The Labute approximate surface area is 155 Å². The number of H-pyrrole nitrogens is 1. The van der Waals surface area contributed by atoms with Crippen molar-refractivity contribution in [3.05, 3.63) is 41.5 Å². The van der Waals surface area contributed by atoms with E-state index in [0.29, 0.717) is 18.8 Å². The smallest absolute Gasteiger partial charge is 0.223 e. The van der Waals surface area contributed by atoms with E-state index in [2.05, 4.69) is 27.3 Å². The van der Waals surface area contributed by atoms with E-state index < -0.39 is 0 Å². The van der Waals surface area contributed by atoms with Crippen LogP contribution in [0.1, 0.15) is 42.9 Å². The molecule has 6 nitrogen and oxygen atoms in total. The maximum absolute atomic E-state index is 12.5. The summed E-state index contributed by atoms with van der Waals surface area (Å²) >= 11 is 0. The van der Waals surface area contributed by atoms with Gasteiger partial charge in [0.15, 0.2) is 5.82 Å². The molecule has 0 bridgehead atoms. The molecule has 26 heavy (non-hydrogen) atoms. The highest BCUT2D eigenvalue weighted by Gasteiger charge is 2.23. The number of amides is 1. The average Bonchev–Trinajstić information content (AvgIpc) is 3.10. The van der Waals surface area contributed by atoms with Crippen LogP contribution in [0.25, 0.3) is 0 Å². The lowest BCUT2D eigenvalue weighted by Gasteiger charge is -2.33. The molecule has 2 aromatic rings. The average molecular weight is 356 g/mol. The van der Waals surface area contributed by atoms with E-state index in [1.165, 1.54) is 12.0 Å². The van der Waals surface area contributed by atoms with Crippen LogP contribution in [0.3, 0.4) is 0 Å². The number of rotatable bonds is 7. The van der Waals surface area contributed by atoms with Crippen LogP contribution in [0.5, 0.6) is 5.75 Å². The molecule has 1 aliphatic rings. The number of aromatic nitrogens is 3. The Kier molecular flexibility index (Phi) is 6.26. The van der Waals surface area contributed by atoms with Gasteiger partial charge < -0.3 is 9.64 Å². The quantitative estimate of drug-likeness (QED) is 0.828. The molecule has 1 N–H and O–H groups in total. The Morgan fingerprint density at radius 1 is 1.38 bits per heavy atom. The van der Waals surface area contributed by atoms with Gasteiger partial charge in [-0.05, 0) is 56.2 Å². The van der Waals surface area contributed by atoms with E-state index in [4.69, 9.17) is 4.74 Å². The molecule has 0 radical (unpaired) electrons. The van der Waals surface area contributed by atoms with Crippen LogP contribution < -0.4 is 4.74 Å². The number of carbonyl (C=O) groups excluding carboxylic acids is 1. The van der Waals surface area contributed by atoms with Crippen molar-refractivity contribution in [3.63, 3.8) is 0 Å². The number of likely N-dealkylation sites (tertiary alicyclic amines) is 1. The molecule has 0 aliphatic carbocycles. The van der Waals surface area contributed by atoms with Gasteiger partial charge in [0, 0.05) is 25.9 Å². The topological polar surface area (TPSA) is 71.1 Å². The first-order valence-electron chi connectivity index (χ1n) is 9.42. The van der Waals surface area contributed by atoms with Gasteiger partial charge in [0.2, 0.25) is 5.91 Å². The molecule has 1 aliphatic heterocycles. The fourth-order valence-electron chi connectivity index (χ4n) is 3.60. The minimum absolute atomic E-state index is 0.221. The SMILES string of the molecule is COc1cccc(CCC2CCCN(C(=O)CCc3n[nH]c(C)n3)C2)c1. The van der Waals surface area contributed by atoms with E-state index in [9.17, 15) is 4.79 Å². The van der Waals surface area contributed by atoms with Crippen LogP contribution in [-0.2, 0) is 17.6 Å². The zero-order valence-electron chi connectivity index (χ0n) is 15.7. The molecule has 1 fully saturated rings. The van der Waals surface area contributed by atoms with E-state index in [1.54, 1.807) is 7.11 Å². The summed E-state index contributed by atoms with van der Waals surface area (Å²) in [5.41, 5.74) is 1.30. The van der Waals surface area contributed by atoms with Crippen LogP contribution in [0.4, 0.5) is 0 Å². The fourth-order valence-corrected chi connectivity index (χ4v) is 3.60. The normalized spacial score (nSPS) is 17.3. The van der Waals surface area contributed by atoms with Crippen LogP contribution in [-0.4, -0.2) is 46.2 Å². The molecule has 3 rings (SSSR count). The molecular formula is C20H28N4O2. The van der Waals surface area contributed by atoms with Crippen molar-refractivity contribution in [3.8, 4) is 5.75 Å². The number of aryl methyl sites for hydroxylation is 3. The monoisotopic (exact) mass is 356 g/mol. The first-order chi connectivity index (χ1) is 12.6. The van der Waals surface area contributed by atoms with Gasteiger partial charge in [0.25, 0.3) is 0 Å². The number of aromatic amines is 1. The molecule has 140 valence electrons. The lowest BCUT2D eigenvalue weighted by molar-refractivity contribution is -0.133. The molecular weight excluding hydrogens is 328 g/mol. The summed E-state index contributed by atoms with van der Waals surface area (Å²) in [5.74, 6) is 3.22. The minimum atomic E-state index is 0.221. The number of nitrogens with zero attached hydrogens (tertiary/aromatic N) is 3. The van der Waals surface area contributed by atoms with Crippen LogP contribution in [0.2, 0.25) is 0 Å². The minimum Gasteiger partial charge on any atom is -0.497 e. The molecule has 6 heteroatoms. The molecule has 1 amide bonds. The van der Waals surface area contributed by atoms with E-state index >= 15 is 0 Å². The van der Waals surface area contributed by atoms with Crippen molar-refractivity contribution in [2.24, 2.45) is 5.92 Å². The van der Waals surface area contributed by atoms with Gasteiger partial charge in [-0.2, -0.15) is 5.10 Å². The highest BCUT2D eigenvalue weighted by molar-refractivity contribution is 5.76. The number of methoxy groups -OCH3 is 1. The van der Waals surface area contributed by atoms with Crippen molar-refractivity contribution in [2.45, 2.75) is 45.4 Å². The fraction of sp³-hybridized carbons (Fsp3) is 0.550. The molecule has 0 spiro atoms. The number of piperidine rings is 1. The summed E-state index contributed by atoms with van der Waals surface area (Å²) in [6.45, 7) is 3.62. The maximum Gasteiger partial charge on any atom is 0.223 e. The number of carbonyl (C=O) groups is 1. The Balaban J connectivity index is 1.46. The van der Waals surface area contributed by atoms with Crippen LogP contribution >= 0.6 is 0 Å². The first-order valence-corrected chi connectivity index (χ1v) is 9.42. The molecule has 0 saturated carbocycles. The van der Waals surface area contributed by atoms with Gasteiger partial charge in [-0.25, -0.2) is 4.98 Å². The molecule has 1 aromatic carbocycles. The zero-order chi connectivity index (χ0) is 18.4. The van der Waals surface area contributed by atoms with E-state index in [-0.39, 0.29) is 5.91 Å². The van der Waals surface area contributed by atoms with Gasteiger partial charge in [-0.3, -0.25) is 9.89 Å². The third kappa shape index (κ3) is 5.07. The number of hydrogen-bond donors (Lipinski definition) is 1. The summed E-state index contributed by atoms with van der Waals surface area (Å²) in [5, 5.41) is 6.93. The third-order valence-electron chi connectivity index (χ3n) is 5.05. The maximum atomic E-state index is 12.5. The van der Waals surface area contributed by atoms with Crippen molar-refractivity contribution in [2.75, 3.05) is 20.2 Å². The summed E-state index contributed by atoms with van der Waals surface area (Å²) in [7, 11) is 1.70. The van der Waals surface area contributed by atoms with Gasteiger partial charge in [0.05, 0.1) is 7.11 Å². The second kappa shape index (κ2) is 8.83. The molecule has 1 aromatic heterocycles. The second-order valence-electron chi connectivity index (χ2n) is 7.08. The van der Waals surface area contributed by atoms with Crippen molar-refractivity contribution in [1.82, 2.24) is 20.1 Å². The molecule has 2 heterocycles. The summed E-state index contributed by atoms with van der Waals surface area (Å²) in [6, 6.07) is 8.26. The number of ether oxygens (including phenoxy) is 1. The second-order valence-corrected chi connectivity index (χ2v) is 7.08. The van der Waals surface area contributed by atoms with Gasteiger partial charge in [0.1, 0.15) is 11.6 Å². The highest BCUT2D eigenvalue weighted by Crippen LogP contribution is 2.23. The van der Waals surface area contributed by atoms with E-state index in [1.807, 2.05) is 24.0 Å². The van der Waals surface area contributed by atoms with Gasteiger partial charge >= 0.3 is 0 Å². The van der Waals surface area contributed by atoms with Gasteiger partial charge in [-0.1, -0.05) is 12.1 Å². The van der Waals surface area contributed by atoms with E-state index in [0.717, 1.165) is 49.8 Å². The predicted octanol–water partition coefficient (Wildman–Crippen LogP) is 2.93. The Hall–Kier alpha value is -2.37.